The molecule has 0 radical (unpaired) electrons. The number of hydrogen-bond acceptors (Lipinski definition) is 4. The van der Waals surface area contributed by atoms with Crippen molar-refractivity contribution in [2.75, 3.05) is 13.1 Å². The average Bonchev–Trinajstić information content (AvgIpc) is 2.13. The molecule has 94 valence electrons. The molecule has 1 aliphatic rings. The number of primary amides is 1. The maximum absolute atomic E-state index is 10.9. The molecule has 1 saturated heterocycles. The molecule has 5 nitrogen and oxygen atoms in total. The summed E-state index contributed by atoms with van der Waals surface area (Å²) in [6.45, 7) is 7.25. The molecule has 1 atom stereocenters. The van der Waals surface area contributed by atoms with E-state index in [0.717, 1.165) is 13.1 Å². The summed E-state index contributed by atoms with van der Waals surface area (Å²) in [5.41, 5.74) is 3.76. The number of nitrogens with two attached hydrogens (primary N) is 1. The third-order valence-electron chi connectivity index (χ3n) is 2.98. The van der Waals surface area contributed by atoms with E-state index >= 15 is 0 Å². The van der Waals surface area contributed by atoms with Crippen molar-refractivity contribution in [3.05, 3.63) is 0 Å². The van der Waals surface area contributed by atoms with Crippen LogP contribution in [0.5, 0.6) is 0 Å². The molecule has 1 aliphatic heterocycles. The SMILES string of the molecule is CC(C)(C)C(OC(N)=O)C1(O)CCNCC1. The van der Waals surface area contributed by atoms with E-state index in [1.54, 1.807) is 0 Å². The second kappa shape index (κ2) is 4.59. The van der Waals surface area contributed by atoms with Gasteiger partial charge in [0.2, 0.25) is 0 Å². The monoisotopic (exact) mass is 230 g/mol. The predicted octanol–water partition coefficient (Wildman–Crippen LogP) is 0.611. The molecule has 16 heavy (non-hydrogen) atoms. The molecular weight excluding hydrogens is 208 g/mol. The van der Waals surface area contributed by atoms with Gasteiger partial charge in [0.25, 0.3) is 0 Å². The largest absolute Gasteiger partial charge is 0.443 e. The molecule has 0 aliphatic carbocycles. The van der Waals surface area contributed by atoms with Gasteiger partial charge in [0, 0.05) is 5.41 Å². The molecule has 1 rings (SSSR count). The Bertz CT molecular complexity index is 254. The molecule has 4 N–H and O–H groups in total. The van der Waals surface area contributed by atoms with E-state index in [1.807, 2.05) is 20.8 Å². The zero-order chi connectivity index (χ0) is 12.4. The molecule has 1 unspecified atom stereocenters. The minimum Gasteiger partial charge on any atom is -0.443 e. The fraction of sp³-hybridized carbons (Fsp3) is 0.909. The molecule has 0 aromatic heterocycles. The third kappa shape index (κ3) is 3.09. The molecular formula is C11H22N2O3. The molecule has 0 aromatic carbocycles. The van der Waals surface area contributed by atoms with E-state index in [1.165, 1.54) is 0 Å². The first kappa shape index (κ1) is 13.3. The van der Waals surface area contributed by atoms with E-state index in [2.05, 4.69) is 5.32 Å². The maximum Gasteiger partial charge on any atom is 0.404 e. The molecule has 1 amide bonds. The Kier molecular flexibility index (Phi) is 3.80. The van der Waals surface area contributed by atoms with Crippen molar-refractivity contribution in [2.24, 2.45) is 11.1 Å². The predicted molar refractivity (Wildman–Crippen MR) is 61.0 cm³/mol. The van der Waals surface area contributed by atoms with Crippen molar-refractivity contribution in [2.45, 2.75) is 45.3 Å². The number of hydrogen-bond donors (Lipinski definition) is 3. The fourth-order valence-corrected chi connectivity index (χ4v) is 2.33. The van der Waals surface area contributed by atoms with Crippen LogP contribution in [-0.4, -0.2) is 36.0 Å². The molecule has 0 bridgehead atoms. The lowest BCUT2D eigenvalue weighted by molar-refractivity contribution is -0.134. The number of rotatable bonds is 2. The van der Waals surface area contributed by atoms with E-state index in [9.17, 15) is 9.90 Å². The number of amides is 1. The number of piperidine rings is 1. The molecule has 1 fully saturated rings. The van der Waals surface area contributed by atoms with Crippen LogP contribution in [0.25, 0.3) is 0 Å². The summed E-state index contributed by atoms with van der Waals surface area (Å²) in [6.07, 6.45) is -0.253. The van der Waals surface area contributed by atoms with Gasteiger partial charge in [-0.3, -0.25) is 0 Å². The second-order valence-corrected chi connectivity index (χ2v) is 5.54. The highest BCUT2D eigenvalue weighted by Crippen LogP contribution is 2.36. The average molecular weight is 230 g/mol. The van der Waals surface area contributed by atoms with Crippen LogP contribution in [0, 0.1) is 5.41 Å². The summed E-state index contributed by atoms with van der Waals surface area (Å²) in [5, 5.41) is 13.7. The van der Waals surface area contributed by atoms with Gasteiger partial charge in [0.1, 0.15) is 11.7 Å². The van der Waals surface area contributed by atoms with Crippen molar-refractivity contribution in [3.63, 3.8) is 0 Å². The van der Waals surface area contributed by atoms with Crippen LogP contribution >= 0.6 is 0 Å². The van der Waals surface area contributed by atoms with Crippen molar-refractivity contribution >= 4 is 6.09 Å². The van der Waals surface area contributed by atoms with E-state index < -0.39 is 17.8 Å². The van der Waals surface area contributed by atoms with Crippen LogP contribution in [0.1, 0.15) is 33.6 Å². The van der Waals surface area contributed by atoms with Gasteiger partial charge in [-0.25, -0.2) is 4.79 Å². The van der Waals surface area contributed by atoms with Crippen LogP contribution < -0.4 is 11.1 Å². The fourth-order valence-electron chi connectivity index (χ4n) is 2.33. The van der Waals surface area contributed by atoms with E-state index in [-0.39, 0.29) is 5.41 Å². The Morgan fingerprint density at radius 2 is 1.94 bits per heavy atom. The van der Waals surface area contributed by atoms with Gasteiger partial charge < -0.3 is 20.9 Å². The zero-order valence-corrected chi connectivity index (χ0v) is 10.2. The Hall–Kier alpha value is -0.810. The van der Waals surface area contributed by atoms with Gasteiger partial charge >= 0.3 is 6.09 Å². The minimum absolute atomic E-state index is 0.332. The summed E-state index contributed by atoms with van der Waals surface area (Å²) in [6, 6.07) is 0. The summed E-state index contributed by atoms with van der Waals surface area (Å²) in [4.78, 5) is 10.9. The van der Waals surface area contributed by atoms with Gasteiger partial charge in [0.15, 0.2) is 0 Å². The Morgan fingerprint density at radius 3 is 2.31 bits per heavy atom. The van der Waals surface area contributed by atoms with Gasteiger partial charge in [-0.1, -0.05) is 20.8 Å². The van der Waals surface area contributed by atoms with Gasteiger partial charge in [0.05, 0.1) is 0 Å². The molecule has 0 aromatic rings. The molecule has 0 saturated carbocycles. The molecule has 1 heterocycles. The first-order chi connectivity index (χ1) is 7.26. The Morgan fingerprint density at radius 1 is 1.44 bits per heavy atom. The number of carbonyl (C=O) groups excluding carboxylic acids is 1. The zero-order valence-electron chi connectivity index (χ0n) is 10.2. The topological polar surface area (TPSA) is 84.6 Å². The second-order valence-electron chi connectivity index (χ2n) is 5.54. The van der Waals surface area contributed by atoms with E-state index in [4.69, 9.17) is 10.5 Å². The van der Waals surface area contributed by atoms with Gasteiger partial charge in [-0.15, -0.1) is 0 Å². The lowest BCUT2D eigenvalue weighted by atomic mass is 9.74. The Labute approximate surface area is 96.3 Å². The maximum atomic E-state index is 10.9. The first-order valence-electron chi connectivity index (χ1n) is 5.65. The van der Waals surface area contributed by atoms with Crippen LogP contribution in [0.3, 0.4) is 0 Å². The van der Waals surface area contributed by atoms with Crippen molar-refractivity contribution in [1.82, 2.24) is 5.32 Å². The molecule has 0 spiro atoms. The standard InChI is InChI=1S/C11H22N2O3/c1-10(2,3)8(16-9(12)14)11(15)4-6-13-7-5-11/h8,13,15H,4-7H2,1-3H3,(H2,12,14). The number of aliphatic hydroxyl groups is 1. The smallest absolute Gasteiger partial charge is 0.404 e. The minimum atomic E-state index is -0.974. The highest BCUT2D eigenvalue weighted by atomic mass is 16.6. The van der Waals surface area contributed by atoms with Crippen LogP contribution in [-0.2, 0) is 4.74 Å². The summed E-state index contributed by atoms with van der Waals surface area (Å²) < 4.78 is 5.12. The lowest BCUT2D eigenvalue weighted by Gasteiger charge is -2.44. The Balaban J connectivity index is 2.85. The molecule has 5 heteroatoms. The van der Waals surface area contributed by atoms with Crippen molar-refractivity contribution in [1.29, 1.82) is 0 Å². The van der Waals surface area contributed by atoms with Crippen LogP contribution in [0.15, 0.2) is 0 Å². The highest BCUT2D eigenvalue weighted by Gasteiger charge is 2.46. The summed E-state index contributed by atoms with van der Waals surface area (Å²) in [7, 11) is 0. The summed E-state index contributed by atoms with van der Waals surface area (Å²) >= 11 is 0. The summed E-state index contributed by atoms with van der Waals surface area (Å²) in [5.74, 6) is 0. The van der Waals surface area contributed by atoms with E-state index in [0.29, 0.717) is 12.8 Å². The number of nitrogens with one attached hydrogen (secondary N) is 1. The quantitative estimate of drug-likeness (QED) is 0.649. The third-order valence-corrected chi connectivity index (χ3v) is 2.98. The number of carbonyl (C=O) groups is 1. The van der Waals surface area contributed by atoms with Crippen molar-refractivity contribution in [3.8, 4) is 0 Å². The number of ether oxygens (including phenoxy) is 1. The van der Waals surface area contributed by atoms with Crippen LogP contribution in [0.4, 0.5) is 4.79 Å². The first-order valence-corrected chi connectivity index (χ1v) is 5.65. The van der Waals surface area contributed by atoms with Gasteiger partial charge in [-0.2, -0.15) is 0 Å². The highest BCUT2D eigenvalue weighted by molar-refractivity contribution is 5.65. The van der Waals surface area contributed by atoms with Crippen LogP contribution in [0.2, 0.25) is 0 Å². The van der Waals surface area contributed by atoms with Gasteiger partial charge in [-0.05, 0) is 25.9 Å². The normalized spacial score (nSPS) is 22.5. The lowest BCUT2D eigenvalue weighted by Crippen LogP contribution is -2.56. The van der Waals surface area contributed by atoms with Crippen molar-refractivity contribution < 1.29 is 14.6 Å².